The molecule has 1 aromatic carbocycles. The van der Waals surface area contributed by atoms with Crippen molar-refractivity contribution in [3.05, 3.63) is 41.6 Å². The van der Waals surface area contributed by atoms with Crippen molar-refractivity contribution in [3.63, 3.8) is 0 Å². The predicted molar refractivity (Wildman–Crippen MR) is 87.7 cm³/mol. The van der Waals surface area contributed by atoms with Gasteiger partial charge < -0.3 is 5.32 Å². The topological polar surface area (TPSA) is 37.8 Å². The smallest absolute Gasteiger partial charge is 0.161 e. The molecule has 1 fully saturated rings. The Morgan fingerprint density at radius 2 is 1.86 bits per heavy atom. The Balaban J connectivity index is 1.95. The molecule has 3 heteroatoms. The van der Waals surface area contributed by atoms with E-state index in [4.69, 9.17) is 4.98 Å². The molecule has 0 radical (unpaired) electrons. The molecule has 0 spiro atoms. The van der Waals surface area contributed by atoms with Crippen LogP contribution < -0.4 is 5.32 Å². The van der Waals surface area contributed by atoms with Crippen molar-refractivity contribution in [3.8, 4) is 11.4 Å². The highest BCUT2D eigenvalue weighted by Gasteiger charge is 2.23. The summed E-state index contributed by atoms with van der Waals surface area (Å²) in [5.74, 6) is 2.92. The molecule has 0 atom stereocenters. The number of aromatic nitrogens is 2. The van der Waals surface area contributed by atoms with E-state index in [1.54, 1.807) is 0 Å². The summed E-state index contributed by atoms with van der Waals surface area (Å²) in [4.78, 5) is 9.37. The van der Waals surface area contributed by atoms with Gasteiger partial charge in [0, 0.05) is 23.9 Å². The van der Waals surface area contributed by atoms with Gasteiger partial charge in [-0.25, -0.2) is 9.97 Å². The van der Waals surface area contributed by atoms with Crippen molar-refractivity contribution in [1.82, 2.24) is 9.97 Å². The Morgan fingerprint density at radius 3 is 2.43 bits per heavy atom. The van der Waals surface area contributed by atoms with Crippen LogP contribution in [0.4, 0.5) is 5.82 Å². The SMILES string of the molecule is CCNc1cc(C(C)C)nc(-c2ccc(C3CC3)cc2)n1. The van der Waals surface area contributed by atoms with Crippen LogP contribution in [-0.2, 0) is 0 Å². The van der Waals surface area contributed by atoms with Crippen LogP contribution in [-0.4, -0.2) is 16.5 Å². The monoisotopic (exact) mass is 281 g/mol. The van der Waals surface area contributed by atoms with Gasteiger partial charge in [-0.2, -0.15) is 0 Å². The Hall–Kier alpha value is -1.90. The number of hydrogen-bond acceptors (Lipinski definition) is 3. The van der Waals surface area contributed by atoms with Crippen LogP contribution in [0.2, 0.25) is 0 Å². The molecule has 1 N–H and O–H groups in total. The first-order valence-electron chi connectivity index (χ1n) is 7.90. The second kappa shape index (κ2) is 5.84. The molecule has 21 heavy (non-hydrogen) atoms. The fraction of sp³-hybridized carbons (Fsp3) is 0.444. The molecule has 3 rings (SSSR count). The average Bonchev–Trinajstić information content (AvgIpc) is 3.32. The van der Waals surface area contributed by atoms with Crippen LogP contribution in [0.3, 0.4) is 0 Å². The highest BCUT2D eigenvalue weighted by atomic mass is 15.0. The zero-order valence-corrected chi connectivity index (χ0v) is 13.1. The summed E-state index contributed by atoms with van der Waals surface area (Å²) in [7, 11) is 0. The van der Waals surface area contributed by atoms with E-state index in [0.717, 1.165) is 35.4 Å². The van der Waals surface area contributed by atoms with Gasteiger partial charge in [-0.15, -0.1) is 0 Å². The van der Waals surface area contributed by atoms with Crippen molar-refractivity contribution in [2.45, 2.75) is 45.4 Å². The van der Waals surface area contributed by atoms with Gasteiger partial charge in [-0.1, -0.05) is 38.1 Å². The summed E-state index contributed by atoms with van der Waals surface area (Å²) >= 11 is 0. The van der Waals surface area contributed by atoms with Gasteiger partial charge in [-0.3, -0.25) is 0 Å². The van der Waals surface area contributed by atoms with E-state index in [1.807, 2.05) is 0 Å². The van der Waals surface area contributed by atoms with Crippen LogP contribution in [0.5, 0.6) is 0 Å². The third-order valence-corrected chi connectivity index (χ3v) is 3.91. The van der Waals surface area contributed by atoms with Crippen LogP contribution in [0.1, 0.15) is 56.7 Å². The van der Waals surface area contributed by atoms with E-state index in [2.05, 4.69) is 61.4 Å². The summed E-state index contributed by atoms with van der Waals surface area (Å²) in [6.07, 6.45) is 2.67. The molecule has 0 saturated heterocycles. The van der Waals surface area contributed by atoms with Crippen LogP contribution in [0, 0.1) is 0 Å². The van der Waals surface area contributed by atoms with Crippen molar-refractivity contribution < 1.29 is 0 Å². The lowest BCUT2D eigenvalue weighted by atomic mass is 10.1. The molecule has 1 heterocycles. The minimum Gasteiger partial charge on any atom is -0.370 e. The van der Waals surface area contributed by atoms with E-state index < -0.39 is 0 Å². The first kappa shape index (κ1) is 14.1. The van der Waals surface area contributed by atoms with E-state index in [1.165, 1.54) is 18.4 Å². The maximum atomic E-state index is 4.72. The zero-order valence-electron chi connectivity index (χ0n) is 13.1. The van der Waals surface area contributed by atoms with Crippen molar-refractivity contribution in [2.75, 3.05) is 11.9 Å². The third kappa shape index (κ3) is 3.23. The zero-order chi connectivity index (χ0) is 14.8. The number of nitrogens with zero attached hydrogens (tertiary/aromatic N) is 2. The number of anilines is 1. The first-order valence-corrected chi connectivity index (χ1v) is 7.90. The maximum Gasteiger partial charge on any atom is 0.161 e. The molecule has 1 saturated carbocycles. The second-order valence-electron chi connectivity index (χ2n) is 6.08. The van der Waals surface area contributed by atoms with Crippen LogP contribution in [0.15, 0.2) is 30.3 Å². The largest absolute Gasteiger partial charge is 0.370 e. The number of benzene rings is 1. The van der Waals surface area contributed by atoms with Crippen LogP contribution >= 0.6 is 0 Å². The summed E-state index contributed by atoms with van der Waals surface area (Å²) in [5.41, 5.74) is 3.63. The molecule has 1 aliphatic carbocycles. The van der Waals surface area contributed by atoms with Gasteiger partial charge in [0.15, 0.2) is 5.82 Å². The fourth-order valence-electron chi connectivity index (χ4n) is 2.48. The number of hydrogen-bond donors (Lipinski definition) is 1. The van der Waals surface area contributed by atoms with Crippen molar-refractivity contribution in [2.24, 2.45) is 0 Å². The standard InChI is InChI=1S/C18H23N3/c1-4-19-17-11-16(12(2)3)20-18(21-17)15-9-7-14(8-10-15)13-5-6-13/h7-13H,4-6H2,1-3H3,(H,19,20,21). The normalized spacial score (nSPS) is 14.5. The van der Waals surface area contributed by atoms with Gasteiger partial charge in [0.25, 0.3) is 0 Å². The summed E-state index contributed by atoms with van der Waals surface area (Å²) < 4.78 is 0. The number of nitrogens with one attached hydrogen (secondary N) is 1. The maximum absolute atomic E-state index is 4.72. The lowest BCUT2D eigenvalue weighted by Crippen LogP contribution is -2.05. The molecule has 1 aromatic heterocycles. The lowest BCUT2D eigenvalue weighted by Gasteiger charge is -2.11. The second-order valence-corrected chi connectivity index (χ2v) is 6.08. The highest BCUT2D eigenvalue weighted by Crippen LogP contribution is 2.40. The first-order chi connectivity index (χ1) is 10.2. The van der Waals surface area contributed by atoms with Crippen molar-refractivity contribution >= 4 is 5.82 Å². The molecule has 0 bridgehead atoms. The summed E-state index contributed by atoms with van der Waals surface area (Å²) in [6, 6.07) is 10.8. The minimum absolute atomic E-state index is 0.398. The van der Waals surface area contributed by atoms with E-state index in [9.17, 15) is 0 Å². The van der Waals surface area contributed by atoms with Crippen LogP contribution in [0.25, 0.3) is 11.4 Å². The molecule has 2 aromatic rings. The van der Waals surface area contributed by atoms with Gasteiger partial charge >= 0.3 is 0 Å². The predicted octanol–water partition coefficient (Wildman–Crippen LogP) is 4.58. The lowest BCUT2D eigenvalue weighted by molar-refractivity contribution is 0.817. The van der Waals surface area contributed by atoms with Gasteiger partial charge in [0.05, 0.1) is 0 Å². The molecule has 0 amide bonds. The third-order valence-electron chi connectivity index (χ3n) is 3.91. The quantitative estimate of drug-likeness (QED) is 0.872. The summed E-state index contributed by atoms with van der Waals surface area (Å²) in [5, 5.41) is 3.30. The Labute approximate surface area is 126 Å². The van der Waals surface area contributed by atoms with Gasteiger partial charge in [0.1, 0.15) is 5.82 Å². The van der Waals surface area contributed by atoms with Crippen molar-refractivity contribution in [1.29, 1.82) is 0 Å². The van der Waals surface area contributed by atoms with E-state index in [0.29, 0.717) is 5.92 Å². The molecule has 110 valence electrons. The molecule has 3 nitrogen and oxygen atoms in total. The van der Waals surface area contributed by atoms with Gasteiger partial charge in [-0.05, 0) is 37.2 Å². The van der Waals surface area contributed by atoms with E-state index >= 15 is 0 Å². The Bertz CT molecular complexity index is 613. The molecular weight excluding hydrogens is 258 g/mol. The fourth-order valence-corrected chi connectivity index (χ4v) is 2.48. The van der Waals surface area contributed by atoms with E-state index in [-0.39, 0.29) is 0 Å². The molecule has 0 unspecified atom stereocenters. The Kier molecular flexibility index (Phi) is 3.91. The average molecular weight is 281 g/mol. The summed E-state index contributed by atoms with van der Waals surface area (Å²) in [6.45, 7) is 7.28. The number of rotatable bonds is 5. The molecule has 0 aliphatic heterocycles. The minimum atomic E-state index is 0.398. The Morgan fingerprint density at radius 1 is 1.14 bits per heavy atom. The molecule has 1 aliphatic rings. The molecular formula is C18H23N3. The highest BCUT2D eigenvalue weighted by molar-refractivity contribution is 5.58. The van der Waals surface area contributed by atoms with Gasteiger partial charge in [0.2, 0.25) is 0 Å².